The molecule has 1 heterocycles. The second-order valence-corrected chi connectivity index (χ2v) is 5.72. The monoisotopic (exact) mass is 292 g/mol. The van der Waals surface area contributed by atoms with Gasteiger partial charge in [-0.05, 0) is 31.5 Å². The number of anilines is 1. The third-order valence-corrected chi connectivity index (χ3v) is 4.07. The molecule has 0 amide bonds. The Balaban J connectivity index is 1.92. The SMILES string of the molecule is CCCCOCC(O)CN1CCC(NC)c2ccccc21. The Labute approximate surface area is 128 Å². The van der Waals surface area contributed by atoms with Crippen LogP contribution in [0, 0.1) is 0 Å². The van der Waals surface area contributed by atoms with E-state index in [1.54, 1.807) is 0 Å². The first-order valence-corrected chi connectivity index (χ1v) is 8.03. The standard InChI is InChI=1S/C17H28N2O2/c1-3-4-11-21-13-14(20)12-19-10-9-16(18-2)15-7-5-6-8-17(15)19/h5-8,14,16,18,20H,3-4,9-13H2,1-2H3. The van der Waals surface area contributed by atoms with Crippen molar-refractivity contribution in [2.24, 2.45) is 0 Å². The van der Waals surface area contributed by atoms with Crippen molar-refractivity contribution < 1.29 is 9.84 Å². The van der Waals surface area contributed by atoms with Gasteiger partial charge >= 0.3 is 0 Å². The van der Waals surface area contributed by atoms with Crippen LogP contribution < -0.4 is 10.2 Å². The molecular formula is C17H28N2O2. The summed E-state index contributed by atoms with van der Waals surface area (Å²) in [5.74, 6) is 0. The van der Waals surface area contributed by atoms with Crippen LogP contribution in [0.15, 0.2) is 24.3 Å². The highest BCUT2D eigenvalue weighted by Gasteiger charge is 2.24. The van der Waals surface area contributed by atoms with Crippen molar-refractivity contribution in [1.29, 1.82) is 0 Å². The molecule has 2 atom stereocenters. The number of para-hydroxylation sites is 1. The second-order valence-electron chi connectivity index (χ2n) is 5.72. The van der Waals surface area contributed by atoms with E-state index in [4.69, 9.17) is 4.74 Å². The molecule has 0 aliphatic carbocycles. The van der Waals surface area contributed by atoms with E-state index in [1.807, 2.05) is 7.05 Å². The average Bonchev–Trinajstić information content (AvgIpc) is 2.52. The number of aliphatic hydroxyl groups excluding tert-OH is 1. The summed E-state index contributed by atoms with van der Waals surface area (Å²) in [6.45, 7) is 4.91. The quantitative estimate of drug-likeness (QED) is 0.722. The van der Waals surface area contributed by atoms with Gasteiger partial charge in [-0.25, -0.2) is 0 Å². The fraction of sp³-hybridized carbons (Fsp3) is 0.647. The number of nitrogens with zero attached hydrogens (tertiary/aromatic N) is 1. The van der Waals surface area contributed by atoms with E-state index in [1.165, 1.54) is 11.3 Å². The summed E-state index contributed by atoms with van der Waals surface area (Å²) in [6, 6.07) is 8.87. The molecule has 4 heteroatoms. The predicted molar refractivity (Wildman–Crippen MR) is 86.8 cm³/mol. The number of β-amino-alcohol motifs (C(OH)–C–C–N with tert-alkyl or cyclic N) is 1. The van der Waals surface area contributed by atoms with E-state index < -0.39 is 6.10 Å². The molecule has 0 radical (unpaired) electrons. The minimum atomic E-state index is -0.430. The largest absolute Gasteiger partial charge is 0.389 e. The number of rotatable bonds is 8. The lowest BCUT2D eigenvalue weighted by atomic mass is 9.96. The Morgan fingerprint density at radius 2 is 2.24 bits per heavy atom. The Kier molecular flexibility index (Phi) is 6.49. The molecule has 21 heavy (non-hydrogen) atoms. The number of ether oxygens (including phenoxy) is 1. The molecule has 0 saturated heterocycles. The summed E-state index contributed by atoms with van der Waals surface area (Å²) in [7, 11) is 2.01. The zero-order valence-corrected chi connectivity index (χ0v) is 13.2. The molecule has 0 saturated carbocycles. The summed E-state index contributed by atoms with van der Waals surface area (Å²) in [5, 5.41) is 13.5. The molecule has 2 unspecified atom stereocenters. The van der Waals surface area contributed by atoms with E-state index in [0.717, 1.165) is 32.4 Å². The lowest BCUT2D eigenvalue weighted by Gasteiger charge is -2.36. The minimum Gasteiger partial charge on any atom is -0.389 e. The minimum absolute atomic E-state index is 0.412. The first-order chi connectivity index (χ1) is 10.3. The van der Waals surface area contributed by atoms with E-state index >= 15 is 0 Å². The number of fused-ring (bicyclic) bond motifs is 1. The van der Waals surface area contributed by atoms with Crippen LogP contribution in [0.4, 0.5) is 5.69 Å². The predicted octanol–water partition coefficient (Wildman–Crippen LogP) is 2.33. The fourth-order valence-electron chi connectivity index (χ4n) is 2.89. The van der Waals surface area contributed by atoms with Crippen LogP contribution in [0.2, 0.25) is 0 Å². The highest BCUT2D eigenvalue weighted by molar-refractivity contribution is 5.57. The van der Waals surface area contributed by atoms with Crippen molar-refractivity contribution in [3.05, 3.63) is 29.8 Å². The van der Waals surface area contributed by atoms with Crippen molar-refractivity contribution >= 4 is 5.69 Å². The molecule has 0 aromatic heterocycles. The van der Waals surface area contributed by atoms with Crippen LogP contribution in [0.3, 0.4) is 0 Å². The maximum Gasteiger partial charge on any atom is 0.0947 e. The third-order valence-electron chi connectivity index (χ3n) is 4.07. The molecule has 118 valence electrons. The van der Waals surface area contributed by atoms with E-state index in [9.17, 15) is 5.11 Å². The number of nitrogens with one attached hydrogen (secondary N) is 1. The Bertz CT molecular complexity index is 425. The normalized spacial score (nSPS) is 19.4. The zero-order valence-electron chi connectivity index (χ0n) is 13.2. The number of unbranched alkanes of at least 4 members (excludes halogenated alkanes) is 1. The summed E-state index contributed by atoms with van der Waals surface area (Å²) in [6.07, 6.45) is 2.82. The van der Waals surface area contributed by atoms with Gasteiger partial charge in [0.05, 0.1) is 12.7 Å². The van der Waals surface area contributed by atoms with Gasteiger partial charge in [-0.1, -0.05) is 31.5 Å². The van der Waals surface area contributed by atoms with E-state index in [0.29, 0.717) is 19.2 Å². The van der Waals surface area contributed by atoms with Gasteiger partial charge in [-0.15, -0.1) is 0 Å². The molecule has 2 N–H and O–H groups in total. The zero-order chi connectivity index (χ0) is 15.1. The highest BCUT2D eigenvalue weighted by atomic mass is 16.5. The van der Waals surface area contributed by atoms with Gasteiger partial charge in [0.2, 0.25) is 0 Å². The summed E-state index contributed by atoms with van der Waals surface area (Å²) in [4.78, 5) is 2.27. The van der Waals surface area contributed by atoms with Gasteiger partial charge in [0, 0.05) is 31.4 Å². The third kappa shape index (κ3) is 4.43. The van der Waals surface area contributed by atoms with Gasteiger partial charge in [0.15, 0.2) is 0 Å². The number of benzene rings is 1. The molecular weight excluding hydrogens is 264 g/mol. The molecule has 2 rings (SSSR count). The summed E-state index contributed by atoms with van der Waals surface area (Å²) >= 11 is 0. The Morgan fingerprint density at radius 3 is 3.00 bits per heavy atom. The molecule has 0 spiro atoms. The first-order valence-electron chi connectivity index (χ1n) is 8.03. The summed E-state index contributed by atoms with van der Waals surface area (Å²) < 4.78 is 5.52. The van der Waals surface area contributed by atoms with E-state index in [-0.39, 0.29) is 0 Å². The molecule has 1 aliphatic heterocycles. The maximum atomic E-state index is 10.2. The molecule has 1 aromatic carbocycles. The van der Waals surface area contributed by atoms with Gasteiger partial charge in [-0.3, -0.25) is 0 Å². The van der Waals surface area contributed by atoms with Gasteiger partial charge in [0.1, 0.15) is 0 Å². The lowest BCUT2D eigenvalue weighted by Crippen LogP contribution is -2.40. The second kappa shape index (κ2) is 8.37. The topological polar surface area (TPSA) is 44.7 Å². The van der Waals surface area contributed by atoms with Crippen LogP contribution in [-0.2, 0) is 4.74 Å². The summed E-state index contributed by atoms with van der Waals surface area (Å²) in [5.41, 5.74) is 2.56. The number of hydrogen-bond donors (Lipinski definition) is 2. The van der Waals surface area contributed by atoms with Gasteiger partial charge in [-0.2, -0.15) is 0 Å². The molecule has 0 bridgehead atoms. The average molecular weight is 292 g/mol. The maximum absolute atomic E-state index is 10.2. The Morgan fingerprint density at radius 1 is 1.43 bits per heavy atom. The fourth-order valence-corrected chi connectivity index (χ4v) is 2.89. The van der Waals surface area contributed by atoms with Crippen molar-refractivity contribution in [3.8, 4) is 0 Å². The highest BCUT2D eigenvalue weighted by Crippen LogP contribution is 2.33. The first kappa shape index (κ1) is 16.3. The van der Waals surface area contributed by atoms with Gasteiger partial charge < -0.3 is 20.1 Å². The van der Waals surface area contributed by atoms with Crippen LogP contribution in [-0.4, -0.2) is 44.6 Å². The van der Waals surface area contributed by atoms with Crippen molar-refractivity contribution in [2.75, 3.05) is 38.3 Å². The number of aliphatic hydroxyl groups is 1. The Hall–Kier alpha value is -1.10. The molecule has 1 aliphatic rings. The van der Waals surface area contributed by atoms with Crippen LogP contribution in [0.5, 0.6) is 0 Å². The van der Waals surface area contributed by atoms with E-state index in [2.05, 4.69) is 41.4 Å². The van der Waals surface area contributed by atoms with Crippen LogP contribution in [0.1, 0.15) is 37.8 Å². The smallest absolute Gasteiger partial charge is 0.0947 e. The molecule has 0 fully saturated rings. The number of hydrogen-bond acceptors (Lipinski definition) is 4. The van der Waals surface area contributed by atoms with Crippen molar-refractivity contribution in [2.45, 2.75) is 38.3 Å². The van der Waals surface area contributed by atoms with Crippen molar-refractivity contribution in [1.82, 2.24) is 5.32 Å². The van der Waals surface area contributed by atoms with Crippen LogP contribution >= 0.6 is 0 Å². The lowest BCUT2D eigenvalue weighted by molar-refractivity contribution is 0.0389. The van der Waals surface area contributed by atoms with Gasteiger partial charge in [0.25, 0.3) is 0 Å². The van der Waals surface area contributed by atoms with Crippen molar-refractivity contribution in [3.63, 3.8) is 0 Å². The van der Waals surface area contributed by atoms with Crippen LogP contribution in [0.25, 0.3) is 0 Å². The molecule has 4 nitrogen and oxygen atoms in total. The molecule has 1 aromatic rings.